The van der Waals surface area contributed by atoms with E-state index in [4.69, 9.17) is 0 Å². The Morgan fingerprint density at radius 3 is 2.65 bits per heavy atom. The van der Waals surface area contributed by atoms with Gasteiger partial charge >= 0.3 is 0 Å². The highest BCUT2D eigenvalue weighted by atomic mass is 16.1. The predicted octanol–water partition coefficient (Wildman–Crippen LogP) is 2.75. The fraction of sp³-hybridized carbons (Fsp3) is 0.667. The highest BCUT2D eigenvalue weighted by Crippen LogP contribution is 2.20. The quantitative estimate of drug-likeness (QED) is 0.867. The summed E-state index contributed by atoms with van der Waals surface area (Å²) in [6.07, 6.45) is 10.4. The minimum atomic E-state index is -0.156. The van der Waals surface area contributed by atoms with Crippen molar-refractivity contribution in [3.8, 4) is 0 Å². The monoisotopic (exact) mass is 276 g/mol. The van der Waals surface area contributed by atoms with Gasteiger partial charge in [0, 0.05) is 12.1 Å². The molecular weight excluding hydrogens is 252 g/mol. The first kappa shape index (κ1) is 14.8. The predicted molar refractivity (Wildman–Crippen MR) is 79.7 cm³/mol. The van der Waals surface area contributed by atoms with E-state index in [-0.39, 0.29) is 11.9 Å². The largest absolute Gasteiger partial charge is 0.366 e. The number of nitrogens with one attached hydrogen (secondary N) is 2. The van der Waals surface area contributed by atoms with Gasteiger partial charge < -0.3 is 10.6 Å². The molecule has 110 valence electrons. The van der Waals surface area contributed by atoms with Crippen LogP contribution in [-0.4, -0.2) is 28.0 Å². The van der Waals surface area contributed by atoms with Gasteiger partial charge in [0.2, 0.25) is 0 Å². The van der Waals surface area contributed by atoms with Crippen molar-refractivity contribution in [3.63, 3.8) is 0 Å². The number of aromatic nitrogens is 2. The summed E-state index contributed by atoms with van der Waals surface area (Å²) in [4.78, 5) is 20.4. The van der Waals surface area contributed by atoms with Crippen LogP contribution in [0.2, 0.25) is 0 Å². The Morgan fingerprint density at radius 1 is 1.30 bits per heavy atom. The first-order valence-electron chi connectivity index (χ1n) is 7.58. The average molecular weight is 276 g/mol. The zero-order valence-electron chi connectivity index (χ0n) is 12.4. The number of rotatable bonds is 5. The summed E-state index contributed by atoms with van der Waals surface area (Å²) in [5, 5.41) is 6.28. The van der Waals surface area contributed by atoms with Gasteiger partial charge in [-0.3, -0.25) is 4.79 Å². The van der Waals surface area contributed by atoms with E-state index in [0.29, 0.717) is 11.7 Å². The van der Waals surface area contributed by atoms with E-state index in [1.807, 2.05) is 13.8 Å². The SMILES string of the molecule is CCC(C)NC(=O)c1cnc(NC2CCCCC2)cn1. The summed E-state index contributed by atoms with van der Waals surface area (Å²) in [7, 11) is 0. The lowest BCUT2D eigenvalue weighted by Gasteiger charge is -2.23. The zero-order chi connectivity index (χ0) is 14.4. The molecule has 1 fully saturated rings. The fourth-order valence-corrected chi connectivity index (χ4v) is 2.38. The zero-order valence-corrected chi connectivity index (χ0v) is 12.4. The number of anilines is 1. The van der Waals surface area contributed by atoms with Crippen molar-refractivity contribution < 1.29 is 4.79 Å². The van der Waals surface area contributed by atoms with E-state index < -0.39 is 0 Å². The van der Waals surface area contributed by atoms with Gasteiger partial charge in [0.25, 0.3) is 5.91 Å². The Balaban J connectivity index is 1.90. The maximum absolute atomic E-state index is 11.9. The van der Waals surface area contributed by atoms with Crippen LogP contribution < -0.4 is 10.6 Å². The van der Waals surface area contributed by atoms with Gasteiger partial charge in [0.15, 0.2) is 0 Å². The molecule has 0 bridgehead atoms. The van der Waals surface area contributed by atoms with Gasteiger partial charge in [0.1, 0.15) is 11.5 Å². The van der Waals surface area contributed by atoms with Crippen molar-refractivity contribution in [2.24, 2.45) is 0 Å². The third kappa shape index (κ3) is 4.18. The second kappa shape index (κ2) is 7.22. The number of hydrogen-bond acceptors (Lipinski definition) is 4. The Morgan fingerprint density at radius 2 is 2.05 bits per heavy atom. The second-order valence-electron chi connectivity index (χ2n) is 5.55. The molecule has 20 heavy (non-hydrogen) atoms. The standard InChI is InChI=1S/C15H24N4O/c1-3-11(2)18-15(20)13-9-17-14(10-16-13)19-12-7-5-4-6-8-12/h9-12H,3-8H2,1-2H3,(H,17,19)(H,18,20). The molecule has 1 amide bonds. The Kier molecular flexibility index (Phi) is 5.32. The molecule has 1 aliphatic carbocycles. The molecule has 5 nitrogen and oxygen atoms in total. The summed E-state index contributed by atoms with van der Waals surface area (Å²) in [5.74, 6) is 0.605. The van der Waals surface area contributed by atoms with Gasteiger partial charge in [-0.1, -0.05) is 26.2 Å². The Bertz CT molecular complexity index is 426. The summed E-state index contributed by atoms with van der Waals surface area (Å²) in [6, 6.07) is 0.655. The van der Waals surface area contributed by atoms with Crippen LogP contribution in [0.3, 0.4) is 0 Å². The van der Waals surface area contributed by atoms with Crippen LogP contribution in [0.15, 0.2) is 12.4 Å². The first-order chi connectivity index (χ1) is 9.69. The molecule has 5 heteroatoms. The van der Waals surface area contributed by atoms with Crippen molar-refractivity contribution in [1.82, 2.24) is 15.3 Å². The normalized spacial score (nSPS) is 17.5. The number of carbonyl (C=O) groups excluding carboxylic acids is 1. The fourth-order valence-electron chi connectivity index (χ4n) is 2.38. The van der Waals surface area contributed by atoms with Crippen molar-refractivity contribution >= 4 is 11.7 Å². The molecule has 1 aromatic heterocycles. The molecule has 2 rings (SSSR count). The molecular formula is C15H24N4O. The summed E-state index contributed by atoms with van der Waals surface area (Å²) in [6.45, 7) is 4.01. The molecule has 1 aromatic rings. The molecule has 0 radical (unpaired) electrons. The number of amides is 1. The van der Waals surface area contributed by atoms with Crippen LogP contribution in [0.4, 0.5) is 5.82 Å². The van der Waals surface area contributed by atoms with Crippen LogP contribution in [0.5, 0.6) is 0 Å². The highest BCUT2D eigenvalue weighted by Gasteiger charge is 2.14. The van der Waals surface area contributed by atoms with Crippen LogP contribution in [0.25, 0.3) is 0 Å². The topological polar surface area (TPSA) is 66.9 Å². The van der Waals surface area contributed by atoms with Gasteiger partial charge in [0.05, 0.1) is 12.4 Å². The molecule has 1 saturated carbocycles. The first-order valence-corrected chi connectivity index (χ1v) is 7.58. The van der Waals surface area contributed by atoms with E-state index in [0.717, 1.165) is 12.2 Å². The van der Waals surface area contributed by atoms with E-state index in [9.17, 15) is 4.79 Å². The molecule has 1 heterocycles. The van der Waals surface area contributed by atoms with Crippen molar-refractivity contribution in [3.05, 3.63) is 18.1 Å². The average Bonchev–Trinajstić information content (AvgIpc) is 2.49. The molecule has 0 saturated heterocycles. The summed E-state index contributed by atoms with van der Waals surface area (Å²) < 4.78 is 0. The third-order valence-corrected chi connectivity index (χ3v) is 3.83. The Labute approximate surface area is 120 Å². The van der Waals surface area contributed by atoms with Crippen LogP contribution in [0.1, 0.15) is 62.9 Å². The number of nitrogens with zero attached hydrogens (tertiary/aromatic N) is 2. The molecule has 1 atom stereocenters. The maximum Gasteiger partial charge on any atom is 0.271 e. The van der Waals surface area contributed by atoms with E-state index in [1.165, 1.54) is 32.1 Å². The van der Waals surface area contributed by atoms with Crippen LogP contribution in [0, 0.1) is 0 Å². The lowest BCUT2D eigenvalue weighted by atomic mass is 9.96. The van der Waals surface area contributed by atoms with Crippen LogP contribution >= 0.6 is 0 Å². The summed E-state index contributed by atoms with van der Waals surface area (Å²) >= 11 is 0. The molecule has 0 spiro atoms. The van der Waals surface area contributed by atoms with E-state index in [1.54, 1.807) is 12.4 Å². The molecule has 1 unspecified atom stereocenters. The number of hydrogen-bond donors (Lipinski definition) is 2. The van der Waals surface area contributed by atoms with E-state index >= 15 is 0 Å². The smallest absolute Gasteiger partial charge is 0.271 e. The molecule has 1 aliphatic rings. The minimum Gasteiger partial charge on any atom is -0.366 e. The lowest BCUT2D eigenvalue weighted by Crippen LogP contribution is -2.32. The van der Waals surface area contributed by atoms with Crippen molar-refractivity contribution in [1.29, 1.82) is 0 Å². The molecule has 0 aliphatic heterocycles. The van der Waals surface area contributed by atoms with Gasteiger partial charge in [-0.2, -0.15) is 0 Å². The minimum absolute atomic E-state index is 0.156. The number of carbonyl (C=O) groups is 1. The molecule has 2 N–H and O–H groups in total. The van der Waals surface area contributed by atoms with Crippen LogP contribution in [-0.2, 0) is 0 Å². The second-order valence-corrected chi connectivity index (χ2v) is 5.55. The highest BCUT2D eigenvalue weighted by molar-refractivity contribution is 5.92. The summed E-state index contributed by atoms with van der Waals surface area (Å²) in [5.41, 5.74) is 0.375. The van der Waals surface area contributed by atoms with Gasteiger partial charge in [-0.05, 0) is 26.2 Å². The van der Waals surface area contributed by atoms with E-state index in [2.05, 4.69) is 20.6 Å². The maximum atomic E-state index is 11.9. The van der Waals surface area contributed by atoms with Gasteiger partial charge in [-0.25, -0.2) is 9.97 Å². The third-order valence-electron chi connectivity index (χ3n) is 3.83. The van der Waals surface area contributed by atoms with Crippen molar-refractivity contribution in [2.45, 2.75) is 64.5 Å². The van der Waals surface area contributed by atoms with Crippen molar-refractivity contribution in [2.75, 3.05) is 5.32 Å². The lowest BCUT2D eigenvalue weighted by molar-refractivity contribution is 0.0934. The Hall–Kier alpha value is -1.65. The molecule has 0 aromatic carbocycles. The van der Waals surface area contributed by atoms with Gasteiger partial charge in [-0.15, -0.1) is 0 Å².